The summed E-state index contributed by atoms with van der Waals surface area (Å²) in [7, 11) is 2.93. The minimum atomic E-state index is -0.752. The van der Waals surface area contributed by atoms with E-state index in [0.29, 0.717) is 0 Å². The van der Waals surface area contributed by atoms with Crippen LogP contribution in [0, 0.1) is 0 Å². The van der Waals surface area contributed by atoms with E-state index in [1.165, 1.54) is 14.2 Å². The van der Waals surface area contributed by atoms with Crippen LogP contribution in [0.1, 0.15) is 0 Å². The highest BCUT2D eigenvalue weighted by molar-refractivity contribution is 5.79. The van der Waals surface area contributed by atoms with Gasteiger partial charge in [0, 0.05) is 40.4 Å². The number of amides is 1. The van der Waals surface area contributed by atoms with Crippen LogP contribution in [-0.2, 0) is 14.3 Å². The lowest BCUT2D eigenvalue weighted by Crippen LogP contribution is -2.50. The molecule has 0 atom stereocenters. The third-order valence-electron chi connectivity index (χ3n) is 2.06. The van der Waals surface area contributed by atoms with E-state index in [1.54, 1.807) is 4.90 Å². The molecule has 0 saturated carbocycles. The summed E-state index contributed by atoms with van der Waals surface area (Å²) >= 11 is 0. The van der Waals surface area contributed by atoms with E-state index in [9.17, 15) is 4.79 Å². The topological polar surface area (TPSA) is 50.8 Å². The van der Waals surface area contributed by atoms with E-state index in [1.807, 2.05) is 0 Å². The Bertz CT molecular complexity index is 165. The zero-order chi connectivity index (χ0) is 9.68. The molecule has 0 aliphatic carbocycles. The summed E-state index contributed by atoms with van der Waals surface area (Å²) < 4.78 is 9.76. The lowest BCUT2D eigenvalue weighted by molar-refractivity contribution is -0.170. The summed E-state index contributed by atoms with van der Waals surface area (Å²) in [6, 6.07) is 0. The minimum absolute atomic E-state index is 0.0912. The van der Waals surface area contributed by atoms with E-state index >= 15 is 0 Å². The maximum Gasteiger partial charge on any atom is 0.279 e. The quantitative estimate of drug-likeness (QED) is 0.579. The first-order valence-corrected chi connectivity index (χ1v) is 4.34. The molecule has 76 valence electrons. The molecule has 1 amide bonds. The Hall–Kier alpha value is -0.650. The summed E-state index contributed by atoms with van der Waals surface area (Å²) in [5.74, 6) is -0.0912. The number of nitrogens with one attached hydrogen (secondary N) is 1. The maximum atomic E-state index is 11.6. The summed E-state index contributed by atoms with van der Waals surface area (Å²) in [5, 5.41) is 3.17. The van der Waals surface area contributed by atoms with Crippen LogP contribution in [0.3, 0.4) is 0 Å². The molecule has 0 aromatic rings. The number of carbonyl (C=O) groups is 1. The standard InChI is InChI=1S/C8H16N2O3/c1-12-8(13-2)7(11)10-5-3-9-4-6-10/h8-9H,3-6H2,1-2H3. The summed E-state index contributed by atoms with van der Waals surface area (Å²) in [6.45, 7) is 3.13. The van der Waals surface area contributed by atoms with Gasteiger partial charge >= 0.3 is 0 Å². The summed E-state index contributed by atoms with van der Waals surface area (Å²) in [6.07, 6.45) is -0.752. The fourth-order valence-corrected chi connectivity index (χ4v) is 1.33. The van der Waals surface area contributed by atoms with Crippen molar-refractivity contribution >= 4 is 5.91 Å². The van der Waals surface area contributed by atoms with Crippen molar-refractivity contribution in [3.05, 3.63) is 0 Å². The minimum Gasteiger partial charge on any atom is -0.348 e. The SMILES string of the molecule is COC(OC)C(=O)N1CCNCC1. The molecule has 1 N–H and O–H groups in total. The van der Waals surface area contributed by atoms with Crippen molar-refractivity contribution in [3.8, 4) is 0 Å². The Morgan fingerprint density at radius 3 is 2.31 bits per heavy atom. The number of hydrogen-bond donors (Lipinski definition) is 1. The van der Waals surface area contributed by atoms with Gasteiger partial charge in [-0.3, -0.25) is 4.79 Å². The molecule has 0 aromatic carbocycles. The van der Waals surface area contributed by atoms with Crippen molar-refractivity contribution in [2.24, 2.45) is 0 Å². The molecule has 1 fully saturated rings. The number of piperazine rings is 1. The van der Waals surface area contributed by atoms with Gasteiger partial charge in [0.2, 0.25) is 6.29 Å². The molecule has 0 radical (unpaired) electrons. The predicted octanol–water partition coefficient (Wildman–Crippen LogP) is -0.963. The molecule has 1 aliphatic rings. The van der Waals surface area contributed by atoms with Crippen LogP contribution >= 0.6 is 0 Å². The van der Waals surface area contributed by atoms with Crippen LogP contribution in [0.25, 0.3) is 0 Å². The van der Waals surface area contributed by atoms with Crippen molar-refractivity contribution in [1.82, 2.24) is 10.2 Å². The molecule has 5 heteroatoms. The lowest BCUT2D eigenvalue weighted by Gasteiger charge is -2.29. The molecule has 13 heavy (non-hydrogen) atoms. The molecule has 0 aromatic heterocycles. The van der Waals surface area contributed by atoms with Gasteiger partial charge in [-0.1, -0.05) is 0 Å². The van der Waals surface area contributed by atoms with Gasteiger partial charge < -0.3 is 19.7 Å². The second-order valence-electron chi connectivity index (χ2n) is 2.88. The highest BCUT2D eigenvalue weighted by atomic mass is 16.7. The van der Waals surface area contributed by atoms with Crippen molar-refractivity contribution in [1.29, 1.82) is 0 Å². The number of rotatable bonds is 3. The molecule has 0 spiro atoms. The van der Waals surface area contributed by atoms with Crippen molar-refractivity contribution in [3.63, 3.8) is 0 Å². The molecule has 0 unspecified atom stereocenters. The van der Waals surface area contributed by atoms with Crippen molar-refractivity contribution < 1.29 is 14.3 Å². The Morgan fingerprint density at radius 2 is 1.85 bits per heavy atom. The van der Waals surface area contributed by atoms with Crippen LogP contribution in [0.15, 0.2) is 0 Å². The van der Waals surface area contributed by atoms with Gasteiger partial charge in [0.25, 0.3) is 5.91 Å². The molecule has 1 rings (SSSR count). The van der Waals surface area contributed by atoms with Gasteiger partial charge in [0.05, 0.1) is 0 Å². The maximum absolute atomic E-state index is 11.6. The molecule has 5 nitrogen and oxygen atoms in total. The Morgan fingerprint density at radius 1 is 1.31 bits per heavy atom. The van der Waals surface area contributed by atoms with Gasteiger partial charge in [-0.05, 0) is 0 Å². The van der Waals surface area contributed by atoms with Gasteiger partial charge in [-0.25, -0.2) is 0 Å². The summed E-state index contributed by atoms with van der Waals surface area (Å²) in [4.78, 5) is 13.4. The van der Waals surface area contributed by atoms with Gasteiger partial charge in [-0.2, -0.15) is 0 Å². The Balaban J connectivity index is 2.44. The average molecular weight is 188 g/mol. The van der Waals surface area contributed by atoms with Crippen molar-refractivity contribution in [2.45, 2.75) is 6.29 Å². The first-order chi connectivity index (χ1) is 6.29. The van der Waals surface area contributed by atoms with E-state index in [4.69, 9.17) is 9.47 Å². The number of carbonyl (C=O) groups excluding carboxylic acids is 1. The highest BCUT2D eigenvalue weighted by Gasteiger charge is 2.24. The number of methoxy groups -OCH3 is 2. The van der Waals surface area contributed by atoms with Crippen LogP contribution in [-0.4, -0.2) is 57.5 Å². The molecule has 1 heterocycles. The molecular weight excluding hydrogens is 172 g/mol. The lowest BCUT2D eigenvalue weighted by atomic mass is 10.3. The fourth-order valence-electron chi connectivity index (χ4n) is 1.33. The molecule has 1 saturated heterocycles. The monoisotopic (exact) mass is 188 g/mol. The van der Waals surface area contributed by atoms with Gasteiger partial charge in [-0.15, -0.1) is 0 Å². The van der Waals surface area contributed by atoms with Crippen molar-refractivity contribution in [2.75, 3.05) is 40.4 Å². The third-order valence-corrected chi connectivity index (χ3v) is 2.06. The van der Waals surface area contributed by atoms with Crippen LogP contribution in [0.5, 0.6) is 0 Å². The number of ether oxygens (including phenoxy) is 2. The normalized spacial score (nSPS) is 17.9. The van der Waals surface area contributed by atoms with E-state index < -0.39 is 6.29 Å². The zero-order valence-electron chi connectivity index (χ0n) is 8.08. The smallest absolute Gasteiger partial charge is 0.279 e. The van der Waals surface area contributed by atoms with Gasteiger partial charge in [0.15, 0.2) is 0 Å². The third kappa shape index (κ3) is 2.65. The predicted molar refractivity (Wildman–Crippen MR) is 47.3 cm³/mol. The second-order valence-corrected chi connectivity index (χ2v) is 2.88. The highest BCUT2D eigenvalue weighted by Crippen LogP contribution is 2.00. The first-order valence-electron chi connectivity index (χ1n) is 4.34. The first kappa shape index (κ1) is 10.4. The van der Waals surface area contributed by atoms with Crippen LogP contribution < -0.4 is 5.32 Å². The fraction of sp³-hybridized carbons (Fsp3) is 0.875. The van der Waals surface area contributed by atoms with Crippen LogP contribution in [0.2, 0.25) is 0 Å². The summed E-state index contributed by atoms with van der Waals surface area (Å²) in [5.41, 5.74) is 0. The molecular formula is C8H16N2O3. The largest absolute Gasteiger partial charge is 0.348 e. The Labute approximate surface area is 78.0 Å². The van der Waals surface area contributed by atoms with Gasteiger partial charge in [0.1, 0.15) is 0 Å². The zero-order valence-corrected chi connectivity index (χ0v) is 8.08. The second kappa shape index (κ2) is 5.16. The molecule has 1 aliphatic heterocycles. The molecule has 0 bridgehead atoms. The van der Waals surface area contributed by atoms with E-state index in [2.05, 4.69) is 5.32 Å². The van der Waals surface area contributed by atoms with E-state index in [-0.39, 0.29) is 5.91 Å². The van der Waals surface area contributed by atoms with Crippen LogP contribution in [0.4, 0.5) is 0 Å². The number of hydrogen-bond acceptors (Lipinski definition) is 4. The Kier molecular flexibility index (Phi) is 4.14. The average Bonchev–Trinajstić information content (AvgIpc) is 2.21. The number of nitrogens with zero attached hydrogens (tertiary/aromatic N) is 1. The van der Waals surface area contributed by atoms with E-state index in [0.717, 1.165) is 26.2 Å².